The van der Waals surface area contributed by atoms with E-state index in [0.29, 0.717) is 39.0 Å². The van der Waals surface area contributed by atoms with Crippen LogP contribution in [0.2, 0.25) is 5.02 Å². The van der Waals surface area contributed by atoms with Crippen LogP contribution < -0.4 is 9.64 Å². The third-order valence-electron chi connectivity index (χ3n) is 9.82. The molecule has 274 valence electrons. The number of thiazole rings is 1. The molecule has 2 saturated heterocycles. The number of nitriles is 1. The molecule has 2 aliphatic heterocycles. The van der Waals surface area contributed by atoms with Crippen LogP contribution in [0.15, 0.2) is 65.9 Å². The molecule has 0 saturated carbocycles. The molecular formula is C39H38ClF2N7O3S. The Hall–Kier alpha value is -4.74. The lowest BCUT2D eigenvalue weighted by molar-refractivity contribution is -0.131. The summed E-state index contributed by atoms with van der Waals surface area (Å²) in [7, 11) is 1.70. The molecule has 2 aromatic heterocycles. The van der Waals surface area contributed by atoms with Crippen LogP contribution in [0, 0.1) is 17.1 Å². The van der Waals surface area contributed by atoms with Gasteiger partial charge < -0.3 is 24.2 Å². The Morgan fingerprint density at radius 3 is 2.66 bits per heavy atom. The maximum atomic E-state index is 17.0. The van der Waals surface area contributed by atoms with Gasteiger partial charge in [0.05, 0.1) is 18.5 Å². The third-order valence-corrected chi connectivity index (χ3v) is 10.9. The number of hydrogen-bond donors (Lipinski definition) is 0. The summed E-state index contributed by atoms with van der Waals surface area (Å²) in [6.07, 6.45) is 4.89. The van der Waals surface area contributed by atoms with Crippen molar-refractivity contribution in [2.75, 3.05) is 57.9 Å². The Bertz CT molecular complexity index is 2170. The minimum Gasteiger partial charge on any atom is -0.460 e. The van der Waals surface area contributed by atoms with E-state index in [1.807, 2.05) is 35.2 Å². The summed E-state index contributed by atoms with van der Waals surface area (Å²) in [4.78, 5) is 32.5. The molecule has 7 rings (SSSR count). The van der Waals surface area contributed by atoms with Crippen molar-refractivity contribution in [3.63, 3.8) is 0 Å². The average molecular weight is 758 g/mol. The van der Waals surface area contributed by atoms with Crippen LogP contribution in [-0.4, -0.2) is 95.8 Å². The van der Waals surface area contributed by atoms with Crippen LogP contribution in [0.5, 0.6) is 6.01 Å². The SMILES string of the molecule is COCCCN1CCC(Oc2nc(N3CCN(C(=O)/C(F)=C/c4nccs4)C(CC#N)C3)c3ccc(-c4cccc5cccc(Cl)c45)c(F)c3n2)CC1. The lowest BCUT2D eigenvalue weighted by atomic mass is 9.96. The van der Waals surface area contributed by atoms with Crippen molar-refractivity contribution in [2.45, 2.75) is 37.8 Å². The number of amides is 1. The summed E-state index contributed by atoms with van der Waals surface area (Å²) in [6.45, 7) is 3.86. The number of carbonyl (C=O) groups excluding carboxylic acids is 1. The summed E-state index contributed by atoms with van der Waals surface area (Å²) < 4.78 is 43.7. The van der Waals surface area contributed by atoms with Crippen molar-refractivity contribution in [1.29, 1.82) is 5.26 Å². The van der Waals surface area contributed by atoms with Gasteiger partial charge in [0.1, 0.15) is 22.4 Å². The van der Waals surface area contributed by atoms with Gasteiger partial charge in [0.2, 0.25) is 0 Å². The number of hydrogen-bond acceptors (Lipinski definition) is 10. The molecule has 4 heterocycles. The number of fused-ring (bicyclic) bond motifs is 2. The largest absolute Gasteiger partial charge is 0.460 e. The van der Waals surface area contributed by atoms with E-state index in [0.717, 1.165) is 55.7 Å². The first-order valence-electron chi connectivity index (χ1n) is 17.6. The van der Waals surface area contributed by atoms with Gasteiger partial charge in [-0.3, -0.25) is 4.79 Å². The molecule has 0 radical (unpaired) electrons. The highest BCUT2D eigenvalue weighted by molar-refractivity contribution is 7.10. The Morgan fingerprint density at radius 1 is 1.09 bits per heavy atom. The van der Waals surface area contributed by atoms with E-state index >= 15 is 8.78 Å². The highest BCUT2D eigenvalue weighted by Crippen LogP contribution is 2.39. The summed E-state index contributed by atoms with van der Waals surface area (Å²) >= 11 is 7.87. The standard InChI is InChI=1S/C39H38ClF2N7O3S/c1-51-21-4-16-47-17-12-27(13-18-47)52-39-45-36-30(10-9-29(35(36)42)28-7-2-5-25-6-3-8-31(40)34(25)28)37(46-39)48-19-20-49(26(24-48)11-14-43)38(50)32(41)23-33-44-15-22-53-33/h2-3,5-10,15,22-23,26-27H,4,11-13,16-21,24H2,1H3/b32-23-. The van der Waals surface area contributed by atoms with Crippen molar-refractivity contribution in [1.82, 2.24) is 24.8 Å². The van der Waals surface area contributed by atoms with Crippen molar-refractivity contribution in [3.05, 3.63) is 81.8 Å². The molecule has 0 bridgehead atoms. The van der Waals surface area contributed by atoms with Gasteiger partial charge in [0, 0.05) is 92.0 Å². The fourth-order valence-corrected chi connectivity index (χ4v) is 8.03. The number of halogens is 3. The number of nitrogens with zero attached hydrogens (tertiary/aromatic N) is 7. The van der Waals surface area contributed by atoms with Gasteiger partial charge in [-0.15, -0.1) is 11.3 Å². The zero-order valence-corrected chi connectivity index (χ0v) is 30.8. The van der Waals surface area contributed by atoms with Crippen LogP contribution in [0.3, 0.4) is 0 Å². The molecule has 14 heteroatoms. The molecular weight excluding hydrogens is 720 g/mol. The number of ether oxygens (including phenoxy) is 2. The smallest absolute Gasteiger partial charge is 0.319 e. The van der Waals surface area contributed by atoms with Crippen LogP contribution in [-0.2, 0) is 9.53 Å². The average Bonchev–Trinajstić information content (AvgIpc) is 3.69. The van der Waals surface area contributed by atoms with Gasteiger partial charge in [-0.05, 0) is 42.3 Å². The number of likely N-dealkylation sites (tertiary alicyclic amines) is 1. The van der Waals surface area contributed by atoms with Crippen LogP contribution in [0.25, 0.3) is 38.9 Å². The van der Waals surface area contributed by atoms with Crippen molar-refractivity contribution in [2.24, 2.45) is 0 Å². The fourth-order valence-electron chi connectivity index (χ4n) is 7.19. The quantitative estimate of drug-likeness (QED) is 0.0999. The molecule has 10 nitrogen and oxygen atoms in total. The van der Waals surface area contributed by atoms with E-state index in [4.69, 9.17) is 26.1 Å². The highest BCUT2D eigenvalue weighted by atomic mass is 35.5. The minimum absolute atomic E-state index is 0.0392. The maximum absolute atomic E-state index is 17.0. The predicted molar refractivity (Wildman–Crippen MR) is 203 cm³/mol. The van der Waals surface area contributed by atoms with Crippen LogP contribution in [0.4, 0.5) is 14.6 Å². The number of methoxy groups -OCH3 is 1. The second-order valence-corrected chi connectivity index (χ2v) is 14.5. The topological polar surface area (TPSA) is 108 Å². The highest BCUT2D eigenvalue weighted by Gasteiger charge is 2.34. The molecule has 1 atom stereocenters. The van der Waals surface area contributed by atoms with Crippen LogP contribution in [0.1, 0.15) is 30.7 Å². The molecule has 53 heavy (non-hydrogen) atoms. The normalized spacial score (nSPS) is 17.4. The van der Waals surface area contributed by atoms with Gasteiger partial charge in [-0.2, -0.15) is 15.2 Å². The lowest BCUT2D eigenvalue weighted by Gasteiger charge is -2.41. The number of rotatable bonds is 11. The number of benzene rings is 3. The molecule has 5 aromatic rings. The third kappa shape index (κ3) is 7.96. The molecule has 1 unspecified atom stereocenters. The first-order chi connectivity index (χ1) is 25.8. The Morgan fingerprint density at radius 2 is 1.91 bits per heavy atom. The van der Waals surface area contributed by atoms with Gasteiger partial charge in [0.25, 0.3) is 5.91 Å². The zero-order chi connectivity index (χ0) is 36.9. The molecule has 0 spiro atoms. The number of piperazine rings is 1. The lowest BCUT2D eigenvalue weighted by Crippen LogP contribution is -2.55. The minimum atomic E-state index is -0.951. The molecule has 2 aliphatic rings. The molecule has 3 aromatic carbocycles. The predicted octanol–water partition coefficient (Wildman–Crippen LogP) is 7.52. The van der Waals surface area contributed by atoms with Gasteiger partial charge in [0.15, 0.2) is 11.6 Å². The second-order valence-electron chi connectivity index (χ2n) is 13.1. The van der Waals surface area contributed by atoms with E-state index < -0.39 is 23.6 Å². The Kier molecular flexibility index (Phi) is 11.4. The summed E-state index contributed by atoms with van der Waals surface area (Å²) in [5, 5.41) is 14.4. The monoisotopic (exact) mass is 757 g/mol. The zero-order valence-electron chi connectivity index (χ0n) is 29.2. The van der Waals surface area contributed by atoms with Gasteiger partial charge in [-0.1, -0.05) is 48.0 Å². The van der Waals surface area contributed by atoms with E-state index in [2.05, 4.69) is 20.9 Å². The van der Waals surface area contributed by atoms with E-state index in [1.165, 1.54) is 22.4 Å². The van der Waals surface area contributed by atoms with Gasteiger partial charge >= 0.3 is 6.01 Å². The van der Waals surface area contributed by atoms with E-state index in [9.17, 15) is 10.1 Å². The maximum Gasteiger partial charge on any atom is 0.319 e. The van der Waals surface area contributed by atoms with Crippen molar-refractivity contribution >= 4 is 62.4 Å². The van der Waals surface area contributed by atoms with Gasteiger partial charge in [-0.25, -0.2) is 13.8 Å². The first kappa shape index (κ1) is 36.6. The van der Waals surface area contributed by atoms with E-state index in [-0.39, 0.29) is 43.7 Å². The van der Waals surface area contributed by atoms with Crippen molar-refractivity contribution < 1.29 is 23.0 Å². The summed E-state index contributed by atoms with van der Waals surface area (Å²) in [6, 6.07) is 16.2. The molecule has 1 amide bonds. The second kappa shape index (κ2) is 16.5. The molecule has 0 aliphatic carbocycles. The van der Waals surface area contributed by atoms with Crippen LogP contribution >= 0.6 is 22.9 Å². The molecule has 0 N–H and O–H groups in total. The number of aromatic nitrogens is 3. The Labute approximate surface area is 315 Å². The summed E-state index contributed by atoms with van der Waals surface area (Å²) in [5.74, 6) is -1.90. The fraction of sp³-hybridized carbons (Fsp3) is 0.359. The molecule has 2 fully saturated rings. The number of carbonyl (C=O) groups is 1. The number of anilines is 1. The first-order valence-corrected chi connectivity index (χ1v) is 18.9. The Balaban J connectivity index is 1.24. The van der Waals surface area contributed by atoms with Crippen molar-refractivity contribution in [3.8, 4) is 23.2 Å². The number of piperidine rings is 1. The van der Waals surface area contributed by atoms with E-state index in [1.54, 1.807) is 30.7 Å². The summed E-state index contributed by atoms with van der Waals surface area (Å²) in [5.41, 5.74) is 1.04.